The van der Waals surface area contributed by atoms with Crippen molar-refractivity contribution in [2.24, 2.45) is 0 Å². The molecule has 1 aromatic heterocycles. The minimum atomic E-state index is -3.50. The van der Waals surface area contributed by atoms with E-state index in [4.69, 9.17) is 0 Å². The van der Waals surface area contributed by atoms with Crippen LogP contribution in [0.25, 0.3) is 0 Å². The number of sulfonamides is 1. The fourth-order valence-electron chi connectivity index (χ4n) is 2.35. The largest absolute Gasteiger partial charge is 0.334 e. The van der Waals surface area contributed by atoms with Gasteiger partial charge in [-0.3, -0.25) is 0 Å². The lowest BCUT2D eigenvalue weighted by Gasteiger charge is -2.23. The molecule has 0 radical (unpaired) electrons. The molecule has 0 saturated heterocycles. The lowest BCUT2D eigenvalue weighted by molar-refractivity contribution is 0.465. The summed E-state index contributed by atoms with van der Waals surface area (Å²) in [6.45, 7) is 8.43. The van der Waals surface area contributed by atoms with E-state index in [0.717, 1.165) is 38.1 Å². The number of nitrogens with zero attached hydrogens (tertiary/aromatic N) is 2. The molecule has 1 N–H and O–H groups in total. The maximum atomic E-state index is 12.3. The summed E-state index contributed by atoms with van der Waals surface area (Å²) in [5, 5.41) is 0.122. The van der Waals surface area contributed by atoms with Gasteiger partial charge in [-0.1, -0.05) is 12.2 Å². The molecule has 5 nitrogen and oxygen atoms in total. The van der Waals surface area contributed by atoms with Crippen molar-refractivity contribution in [1.29, 1.82) is 0 Å². The maximum absolute atomic E-state index is 12.3. The van der Waals surface area contributed by atoms with Gasteiger partial charge in [-0.05, 0) is 39.5 Å². The van der Waals surface area contributed by atoms with Gasteiger partial charge in [0.25, 0.3) is 10.0 Å². The number of rotatable bonds is 4. The van der Waals surface area contributed by atoms with Crippen molar-refractivity contribution in [1.82, 2.24) is 14.3 Å². The molecule has 0 unspecified atom stereocenters. The van der Waals surface area contributed by atoms with Gasteiger partial charge in [0.2, 0.25) is 0 Å². The summed E-state index contributed by atoms with van der Waals surface area (Å²) < 4.78 is 29.1. The van der Waals surface area contributed by atoms with E-state index < -0.39 is 10.0 Å². The molecule has 1 aliphatic rings. The number of imidazole rings is 1. The first kappa shape index (κ1) is 14.3. The van der Waals surface area contributed by atoms with Gasteiger partial charge in [-0.15, -0.1) is 0 Å². The van der Waals surface area contributed by atoms with Crippen LogP contribution >= 0.6 is 0 Å². The van der Waals surface area contributed by atoms with Crippen molar-refractivity contribution in [3.8, 4) is 0 Å². The van der Waals surface area contributed by atoms with Gasteiger partial charge >= 0.3 is 0 Å². The Hall–Kier alpha value is -1.14. The quantitative estimate of drug-likeness (QED) is 0.859. The fourth-order valence-corrected chi connectivity index (χ4v) is 3.67. The SMILES string of the molecule is C=C1CCC(NS(=O)(=O)c2cn(CC)c(C)n2)CC1. The Morgan fingerprint density at radius 3 is 2.63 bits per heavy atom. The van der Waals surface area contributed by atoms with Gasteiger partial charge in [0.05, 0.1) is 0 Å². The molecule has 1 fully saturated rings. The minimum absolute atomic E-state index is 0.00239. The van der Waals surface area contributed by atoms with Crippen LogP contribution in [0.5, 0.6) is 0 Å². The smallest absolute Gasteiger partial charge is 0.259 e. The lowest BCUT2D eigenvalue weighted by Crippen LogP contribution is -2.36. The van der Waals surface area contributed by atoms with E-state index in [-0.39, 0.29) is 11.1 Å². The second-order valence-corrected chi connectivity index (χ2v) is 6.72. The highest BCUT2D eigenvalue weighted by Gasteiger charge is 2.25. The van der Waals surface area contributed by atoms with Gasteiger partial charge in [0.1, 0.15) is 5.82 Å². The predicted octanol–water partition coefficient (Wildman–Crippen LogP) is 1.99. The van der Waals surface area contributed by atoms with Crippen molar-refractivity contribution in [3.63, 3.8) is 0 Å². The molecule has 19 heavy (non-hydrogen) atoms. The number of aryl methyl sites for hydroxylation is 2. The molecule has 106 valence electrons. The highest BCUT2D eigenvalue weighted by molar-refractivity contribution is 7.89. The zero-order chi connectivity index (χ0) is 14.0. The van der Waals surface area contributed by atoms with Crippen molar-refractivity contribution in [2.45, 2.75) is 57.1 Å². The van der Waals surface area contributed by atoms with E-state index in [1.54, 1.807) is 6.20 Å². The molecule has 1 heterocycles. The van der Waals surface area contributed by atoms with Crippen molar-refractivity contribution >= 4 is 10.0 Å². The Morgan fingerprint density at radius 1 is 1.47 bits per heavy atom. The summed E-state index contributed by atoms with van der Waals surface area (Å²) in [6, 6.07) is 0.00239. The number of allylic oxidation sites excluding steroid dienone is 1. The lowest BCUT2D eigenvalue weighted by atomic mass is 9.93. The topological polar surface area (TPSA) is 64.0 Å². The Morgan fingerprint density at radius 2 is 2.11 bits per heavy atom. The molecule has 6 heteroatoms. The Bertz CT molecular complexity index is 565. The normalized spacial score (nSPS) is 17.9. The summed E-state index contributed by atoms with van der Waals surface area (Å²) in [4.78, 5) is 4.13. The zero-order valence-corrected chi connectivity index (χ0v) is 12.3. The Kier molecular flexibility index (Phi) is 4.10. The highest BCUT2D eigenvalue weighted by Crippen LogP contribution is 2.23. The summed E-state index contributed by atoms with van der Waals surface area (Å²) >= 11 is 0. The summed E-state index contributed by atoms with van der Waals surface area (Å²) in [7, 11) is -3.50. The van der Waals surface area contributed by atoms with Crippen LogP contribution in [-0.2, 0) is 16.6 Å². The van der Waals surface area contributed by atoms with Crippen LogP contribution in [0.2, 0.25) is 0 Å². The molecular formula is C13H21N3O2S. The van der Waals surface area contributed by atoms with Gasteiger partial charge in [-0.2, -0.15) is 0 Å². The van der Waals surface area contributed by atoms with Crippen LogP contribution in [0, 0.1) is 6.92 Å². The van der Waals surface area contributed by atoms with Crippen LogP contribution in [0.4, 0.5) is 0 Å². The molecule has 0 amide bonds. The minimum Gasteiger partial charge on any atom is -0.334 e. The molecule has 0 atom stereocenters. The van der Waals surface area contributed by atoms with E-state index in [1.807, 2.05) is 18.4 Å². The molecule has 1 aromatic rings. The third-order valence-electron chi connectivity index (χ3n) is 3.58. The van der Waals surface area contributed by atoms with Gasteiger partial charge < -0.3 is 4.57 Å². The molecule has 0 spiro atoms. The molecule has 0 aliphatic heterocycles. The molecule has 0 bridgehead atoms. The fraction of sp³-hybridized carbons (Fsp3) is 0.615. The van der Waals surface area contributed by atoms with E-state index in [0.29, 0.717) is 0 Å². The standard InChI is InChI=1S/C13H21N3O2S/c1-4-16-9-13(14-11(16)3)19(17,18)15-12-7-5-10(2)6-8-12/h9,12,15H,2,4-8H2,1,3H3. The second kappa shape index (κ2) is 5.46. The molecule has 1 saturated carbocycles. The van der Waals surface area contributed by atoms with E-state index in [1.165, 1.54) is 5.57 Å². The van der Waals surface area contributed by atoms with Crippen LogP contribution < -0.4 is 4.72 Å². The average molecular weight is 283 g/mol. The average Bonchev–Trinajstić information content (AvgIpc) is 2.74. The van der Waals surface area contributed by atoms with Crippen molar-refractivity contribution < 1.29 is 8.42 Å². The third kappa shape index (κ3) is 3.25. The van der Waals surface area contributed by atoms with E-state index in [9.17, 15) is 8.42 Å². The van der Waals surface area contributed by atoms with Crippen molar-refractivity contribution in [3.05, 3.63) is 24.2 Å². The Balaban J connectivity index is 2.11. The van der Waals surface area contributed by atoms with E-state index in [2.05, 4.69) is 16.3 Å². The summed E-state index contributed by atoms with van der Waals surface area (Å²) in [6.07, 6.45) is 5.04. The first-order valence-electron chi connectivity index (χ1n) is 6.65. The summed E-state index contributed by atoms with van der Waals surface area (Å²) in [5.41, 5.74) is 1.21. The van der Waals surface area contributed by atoms with Gasteiger partial charge in [0, 0.05) is 18.8 Å². The second-order valence-electron chi connectivity index (χ2n) is 5.06. The van der Waals surface area contributed by atoms with Gasteiger partial charge in [-0.25, -0.2) is 18.1 Å². The first-order valence-corrected chi connectivity index (χ1v) is 8.13. The maximum Gasteiger partial charge on any atom is 0.259 e. The first-order chi connectivity index (χ1) is 8.92. The number of aromatic nitrogens is 2. The van der Waals surface area contributed by atoms with Gasteiger partial charge in [0.15, 0.2) is 5.03 Å². The highest BCUT2D eigenvalue weighted by atomic mass is 32.2. The van der Waals surface area contributed by atoms with Crippen LogP contribution in [0.3, 0.4) is 0 Å². The van der Waals surface area contributed by atoms with E-state index >= 15 is 0 Å². The number of nitrogens with one attached hydrogen (secondary N) is 1. The van der Waals surface area contributed by atoms with Crippen molar-refractivity contribution in [2.75, 3.05) is 0 Å². The zero-order valence-electron chi connectivity index (χ0n) is 11.5. The monoisotopic (exact) mass is 283 g/mol. The molecule has 2 rings (SSSR count). The Labute approximate surface area is 114 Å². The molecular weight excluding hydrogens is 262 g/mol. The predicted molar refractivity (Wildman–Crippen MR) is 74.4 cm³/mol. The molecule has 0 aromatic carbocycles. The van der Waals surface area contributed by atoms with Crippen LogP contribution in [0.15, 0.2) is 23.4 Å². The molecule has 1 aliphatic carbocycles. The number of hydrogen-bond acceptors (Lipinski definition) is 3. The third-order valence-corrected chi connectivity index (χ3v) is 4.98. The summed E-state index contributed by atoms with van der Waals surface area (Å²) in [5.74, 6) is 0.722. The van der Waals surface area contributed by atoms with Crippen LogP contribution in [0.1, 0.15) is 38.4 Å². The van der Waals surface area contributed by atoms with Crippen LogP contribution in [-0.4, -0.2) is 24.0 Å². The number of hydrogen-bond donors (Lipinski definition) is 1.